The molecule has 1 amide bonds. The highest BCUT2D eigenvalue weighted by Gasteiger charge is 2.32. The Morgan fingerprint density at radius 2 is 2.19 bits per heavy atom. The van der Waals surface area contributed by atoms with Crippen LogP contribution in [0.15, 0.2) is 18.2 Å². The molecule has 1 aromatic carbocycles. The Labute approximate surface area is 162 Å². The zero-order valence-electron chi connectivity index (χ0n) is 15.3. The van der Waals surface area contributed by atoms with E-state index in [4.69, 9.17) is 22.3 Å². The van der Waals surface area contributed by atoms with Gasteiger partial charge in [0.15, 0.2) is 0 Å². The van der Waals surface area contributed by atoms with Crippen molar-refractivity contribution in [2.24, 2.45) is 5.73 Å². The molecule has 4 rings (SSSR count). The first-order valence-corrected chi connectivity index (χ1v) is 9.61. The average molecular weight is 392 g/mol. The van der Waals surface area contributed by atoms with E-state index in [0.29, 0.717) is 42.3 Å². The van der Waals surface area contributed by atoms with Gasteiger partial charge in [-0.1, -0.05) is 11.6 Å². The minimum Gasteiger partial charge on any atom is -0.341 e. The van der Waals surface area contributed by atoms with Gasteiger partial charge < -0.3 is 20.1 Å². The summed E-state index contributed by atoms with van der Waals surface area (Å²) in [5.74, 6) is 0.302. The number of aromatic nitrogens is 2. The molecule has 1 aromatic heterocycles. The number of rotatable bonds is 3. The molecule has 6 nitrogen and oxygen atoms in total. The number of amides is 1. The number of piperidine rings is 1. The fraction of sp³-hybridized carbons (Fsp3) is 0.474. The van der Waals surface area contributed by atoms with E-state index in [2.05, 4.69) is 4.90 Å². The Bertz CT molecular complexity index is 883. The predicted octanol–water partition coefficient (Wildman–Crippen LogP) is 2.28. The van der Waals surface area contributed by atoms with Crippen LogP contribution in [-0.4, -0.2) is 53.1 Å². The number of hydrogen-bond donors (Lipinski definition) is 1. The number of anilines is 1. The molecule has 2 aliphatic rings. The van der Waals surface area contributed by atoms with Gasteiger partial charge in [0.25, 0.3) is 5.91 Å². The molecule has 8 heteroatoms. The highest BCUT2D eigenvalue weighted by Crippen LogP contribution is 2.29. The lowest BCUT2D eigenvalue weighted by Gasteiger charge is -2.32. The van der Waals surface area contributed by atoms with E-state index in [9.17, 15) is 9.18 Å². The summed E-state index contributed by atoms with van der Waals surface area (Å²) in [6.07, 6.45) is 2.66. The minimum absolute atomic E-state index is 0.0659. The zero-order valence-corrected chi connectivity index (χ0v) is 16.0. The van der Waals surface area contributed by atoms with Crippen molar-refractivity contribution in [2.75, 3.05) is 31.6 Å². The van der Waals surface area contributed by atoms with E-state index in [0.717, 1.165) is 31.0 Å². The van der Waals surface area contributed by atoms with Crippen LogP contribution in [0.2, 0.25) is 5.02 Å². The summed E-state index contributed by atoms with van der Waals surface area (Å²) in [5, 5.41) is 0.469. The molecule has 0 bridgehead atoms. The van der Waals surface area contributed by atoms with Crippen LogP contribution in [0.1, 0.15) is 34.6 Å². The number of nitrogens with zero attached hydrogens (tertiary/aromatic N) is 4. The fourth-order valence-electron chi connectivity index (χ4n) is 3.88. The lowest BCUT2D eigenvalue weighted by Crippen LogP contribution is -2.44. The Balaban J connectivity index is 1.80. The molecule has 0 spiro atoms. The summed E-state index contributed by atoms with van der Waals surface area (Å²) in [4.78, 5) is 21.5. The van der Waals surface area contributed by atoms with E-state index in [1.165, 1.54) is 12.1 Å². The molecule has 1 unspecified atom stereocenters. The highest BCUT2D eigenvalue weighted by atomic mass is 35.5. The number of benzene rings is 1. The maximum atomic E-state index is 13.8. The molecule has 2 N–H and O–H groups in total. The van der Waals surface area contributed by atoms with Crippen LogP contribution < -0.4 is 10.6 Å². The third kappa shape index (κ3) is 3.41. The standard InChI is InChI=1S/C19H23ClFN5O/c1-24-8-6-16-17(18(24)27)26(10-12-9-13(21)4-5-15(12)20)19(23-16)25-7-2-3-14(22)11-25/h4-5,9,14H,2-3,6-8,10-11,22H2,1H3. The van der Waals surface area contributed by atoms with Crippen LogP contribution >= 0.6 is 11.6 Å². The zero-order chi connectivity index (χ0) is 19.1. The van der Waals surface area contributed by atoms with Gasteiger partial charge in [-0.3, -0.25) is 4.79 Å². The molecule has 144 valence electrons. The van der Waals surface area contributed by atoms with Crippen molar-refractivity contribution in [3.05, 3.63) is 46.0 Å². The van der Waals surface area contributed by atoms with Crippen molar-refractivity contribution in [3.63, 3.8) is 0 Å². The highest BCUT2D eigenvalue weighted by molar-refractivity contribution is 6.31. The van der Waals surface area contributed by atoms with Crippen molar-refractivity contribution in [3.8, 4) is 0 Å². The van der Waals surface area contributed by atoms with Crippen LogP contribution in [0.4, 0.5) is 10.3 Å². The van der Waals surface area contributed by atoms with Gasteiger partial charge in [-0.05, 0) is 36.6 Å². The van der Waals surface area contributed by atoms with Crippen LogP contribution in [-0.2, 0) is 13.0 Å². The second kappa shape index (κ2) is 7.13. The van der Waals surface area contributed by atoms with Gasteiger partial charge in [0.1, 0.15) is 11.5 Å². The van der Waals surface area contributed by atoms with Crippen LogP contribution in [0.5, 0.6) is 0 Å². The van der Waals surface area contributed by atoms with E-state index in [1.807, 2.05) is 4.57 Å². The van der Waals surface area contributed by atoms with Gasteiger partial charge >= 0.3 is 0 Å². The molecule has 0 saturated carbocycles. The topological polar surface area (TPSA) is 67.4 Å². The van der Waals surface area contributed by atoms with Crippen molar-refractivity contribution in [1.29, 1.82) is 0 Å². The van der Waals surface area contributed by atoms with E-state index in [1.54, 1.807) is 18.0 Å². The summed E-state index contributed by atoms with van der Waals surface area (Å²) in [7, 11) is 1.79. The molecule has 1 fully saturated rings. The second-order valence-corrected chi connectivity index (χ2v) is 7.76. The van der Waals surface area contributed by atoms with Gasteiger partial charge in [0.05, 0.1) is 12.2 Å². The largest absolute Gasteiger partial charge is 0.341 e. The smallest absolute Gasteiger partial charge is 0.272 e. The van der Waals surface area contributed by atoms with Gasteiger partial charge in [-0.2, -0.15) is 0 Å². The number of nitrogens with two attached hydrogens (primary N) is 1. The number of halogens is 2. The number of imidazole rings is 1. The third-order valence-corrected chi connectivity index (χ3v) is 5.70. The Morgan fingerprint density at radius 3 is 2.96 bits per heavy atom. The number of fused-ring (bicyclic) bond motifs is 1. The Hall–Kier alpha value is -2.12. The SMILES string of the molecule is CN1CCc2nc(N3CCCC(N)C3)n(Cc3cc(F)ccc3Cl)c2C1=O. The fourth-order valence-corrected chi connectivity index (χ4v) is 4.05. The first kappa shape index (κ1) is 18.3. The maximum Gasteiger partial charge on any atom is 0.272 e. The Kier molecular flexibility index (Phi) is 4.82. The third-order valence-electron chi connectivity index (χ3n) is 5.33. The second-order valence-electron chi connectivity index (χ2n) is 7.35. The number of carbonyl (C=O) groups excluding carboxylic acids is 1. The van der Waals surface area contributed by atoms with Gasteiger partial charge in [0, 0.05) is 44.2 Å². The Morgan fingerprint density at radius 1 is 1.37 bits per heavy atom. The maximum absolute atomic E-state index is 13.8. The monoisotopic (exact) mass is 391 g/mol. The quantitative estimate of drug-likeness (QED) is 0.871. The first-order chi connectivity index (χ1) is 12.9. The lowest BCUT2D eigenvalue weighted by atomic mass is 10.1. The summed E-state index contributed by atoms with van der Waals surface area (Å²) in [6, 6.07) is 4.37. The summed E-state index contributed by atoms with van der Waals surface area (Å²) < 4.78 is 15.7. The number of likely N-dealkylation sites (N-methyl/N-ethyl adjacent to an activating group) is 1. The lowest BCUT2D eigenvalue weighted by molar-refractivity contribution is 0.0769. The molecule has 27 heavy (non-hydrogen) atoms. The van der Waals surface area contributed by atoms with E-state index < -0.39 is 0 Å². The van der Waals surface area contributed by atoms with Crippen molar-refractivity contribution >= 4 is 23.5 Å². The summed E-state index contributed by atoms with van der Waals surface area (Å²) in [5.41, 5.74) is 8.14. The molecule has 0 aliphatic carbocycles. The number of carbonyl (C=O) groups is 1. The van der Waals surface area contributed by atoms with Gasteiger partial charge in [-0.15, -0.1) is 0 Å². The first-order valence-electron chi connectivity index (χ1n) is 9.23. The molecule has 1 atom stereocenters. The van der Waals surface area contributed by atoms with Gasteiger partial charge in [0.2, 0.25) is 5.95 Å². The van der Waals surface area contributed by atoms with Crippen LogP contribution in [0.25, 0.3) is 0 Å². The molecule has 2 aliphatic heterocycles. The van der Waals surface area contributed by atoms with Crippen LogP contribution in [0.3, 0.4) is 0 Å². The number of hydrogen-bond acceptors (Lipinski definition) is 4. The van der Waals surface area contributed by atoms with Crippen molar-refractivity contribution < 1.29 is 9.18 Å². The molecule has 3 heterocycles. The molecular weight excluding hydrogens is 369 g/mol. The molecule has 1 saturated heterocycles. The van der Waals surface area contributed by atoms with E-state index in [-0.39, 0.29) is 17.8 Å². The average Bonchev–Trinajstić information content (AvgIpc) is 3.00. The van der Waals surface area contributed by atoms with Crippen molar-refractivity contribution in [2.45, 2.75) is 31.8 Å². The minimum atomic E-state index is -0.353. The van der Waals surface area contributed by atoms with E-state index >= 15 is 0 Å². The molecule has 0 radical (unpaired) electrons. The summed E-state index contributed by atoms with van der Waals surface area (Å²) >= 11 is 6.29. The molecular formula is C19H23ClFN5O. The summed E-state index contributed by atoms with van der Waals surface area (Å²) in [6.45, 7) is 2.46. The van der Waals surface area contributed by atoms with Gasteiger partial charge in [-0.25, -0.2) is 9.37 Å². The molecule has 2 aromatic rings. The normalized spacial score (nSPS) is 20.1. The predicted molar refractivity (Wildman–Crippen MR) is 103 cm³/mol. The van der Waals surface area contributed by atoms with Crippen molar-refractivity contribution in [1.82, 2.24) is 14.5 Å². The van der Waals surface area contributed by atoms with Crippen LogP contribution in [0, 0.1) is 5.82 Å².